The molecule has 0 fully saturated rings. The fourth-order valence-electron chi connectivity index (χ4n) is 1.46. The molecule has 0 bridgehead atoms. The van der Waals surface area contributed by atoms with Crippen LogP contribution in [0, 0.1) is 0 Å². The predicted octanol–water partition coefficient (Wildman–Crippen LogP) is 2.39. The highest BCUT2D eigenvalue weighted by atomic mass is 14.6. The molecular weight excluding hydrogens is 134 g/mol. The Morgan fingerprint density at radius 3 is 2.91 bits per heavy atom. The predicted molar refractivity (Wildman–Crippen MR) is 49.3 cm³/mol. The van der Waals surface area contributed by atoms with Crippen LogP contribution in [0.4, 0.5) is 0 Å². The molecule has 0 aromatic rings. The Hall–Kier alpha value is -0.560. The molecule has 0 aliphatic heterocycles. The monoisotopic (exact) mass is 151 g/mol. The summed E-state index contributed by atoms with van der Waals surface area (Å²) in [6.45, 7) is 4.32. The summed E-state index contributed by atoms with van der Waals surface area (Å²) in [7, 11) is 0. The molecule has 62 valence electrons. The Morgan fingerprint density at radius 1 is 1.64 bits per heavy atom. The Labute approximate surface area is 69.0 Å². The van der Waals surface area contributed by atoms with Crippen molar-refractivity contribution in [2.24, 2.45) is 5.73 Å². The highest BCUT2D eigenvalue weighted by molar-refractivity contribution is 5.32. The van der Waals surface area contributed by atoms with E-state index in [0.717, 1.165) is 6.42 Å². The van der Waals surface area contributed by atoms with Crippen LogP contribution >= 0.6 is 0 Å². The van der Waals surface area contributed by atoms with Crippen molar-refractivity contribution in [1.29, 1.82) is 0 Å². The maximum absolute atomic E-state index is 5.93. The molecule has 1 atom stereocenters. The fourth-order valence-corrected chi connectivity index (χ4v) is 1.46. The lowest BCUT2D eigenvalue weighted by molar-refractivity contribution is 0.731. The number of rotatable bonds is 2. The maximum atomic E-state index is 5.93. The summed E-state index contributed by atoms with van der Waals surface area (Å²) in [6.07, 6.45) is 7.83. The van der Waals surface area contributed by atoms with E-state index in [-0.39, 0.29) is 6.04 Å². The minimum Gasteiger partial charge on any atom is -0.324 e. The second kappa shape index (κ2) is 3.72. The summed E-state index contributed by atoms with van der Waals surface area (Å²) in [5.41, 5.74) is 8.76. The zero-order valence-electron chi connectivity index (χ0n) is 7.43. The highest BCUT2D eigenvalue weighted by Gasteiger charge is 2.09. The van der Waals surface area contributed by atoms with Crippen LogP contribution in [0.1, 0.15) is 33.1 Å². The molecule has 11 heavy (non-hydrogen) atoms. The molecule has 0 aromatic carbocycles. The topological polar surface area (TPSA) is 26.0 Å². The number of hydrogen-bond donors (Lipinski definition) is 1. The zero-order valence-corrected chi connectivity index (χ0v) is 7.43. The van der Waals surface area contributed by atoms with Crippen molar-refractivity contribution in [1.82, 2.24) is 0 Å². The Balaban J connectivity index is 2.75. The molecule has 0 heterocycles. The smallest absolute Gasteiger partial charge is 0.0291 e. The van der Waals surface area contributed by atoms with Crippen LogP contribution in [0.3, 0.4) is 0 Å². The van der Waals surface area contributed by atoms with Gasteiger partial charge >= 0.3 is 0 Å². The van der Waals surface area contributed by atoms with Crippen molar-refractivity contribution in [3.05, 3.63) is 23.3 Å². The first-order valence-electron chi connectivity index (χ1n) is 4.37. The van der Waals surface area contributed by atoms with Gasteiger partial charge in [0.05, 0.1) is 0 Å². The van der Waals surface area contributed by atoms with E-state index in [2.05, 4.69) is 26.0 Å². The average Bonchev–Trinajstić information content (AvgIpc) is 2.04. The summed E-state index contributed by atoms with van der Waals surface area (Å²) in [5, 5.41) is 0. The summed E-state index contributed by atoms with van der Waals surface area (Å²) < 4.78 is 0. The fraction of sp³-hybridized carbons (Fsp3) is 0.600. The van der Waals surface area contributed by atoms with E-state index in [0.29, 0.717) is 0 Å². The molecule has 1 aliphatic rings. The van der Waals surface area contributed by atoms with Crippen LogP contribution in [0.25, 0.3) is 0 Å². The molecule has 2 N–H and O–H groups in total. The van der Waals surface area contributed by atoms with Crippen molar-refractivity contribution in [2.45, 2.75) is 39.2 Å². The first kappa shape index (κ1) is 8.54. The van der Waals surface area contributed by atoms with Crippen molar-refractivity contribution in [3.63, 3.8) is 0 Å². The second-order valence-electron chi connectivity index (χ2n) is 3.19. The second-order valence-corrected chi connectivity index (χ2v) is 3.19. The van der Waals surface area contributed by atoms with Gasteiger partial charge in [0.1, 0.15) is 0 Å². The zero-order chi connectivity index (χ0) is 8.27. The Bertz CT molecular complexity index is 189. The van der Waals surface area contributed by atoms with Crippen LogP contribution in [-0.2, 0) is 0 Å². The van der Waals surface area contributed by atoms with E-state index in [1.807, 2.05) is 0 Å². The van der Waals surface area contributed by atoms with Gasteiger partial charge in [-0.2, -0.15) is 0 Å². The standard InChI is InChI=1S/C10H17N/c1-3-10(11)9-7-5-4-6-8(9)2/h5,7,10H,3-4,6,11H2,1-2H3. The molecular formula is C10H17N. The third kappa shape index (κ3) is 1.93. The molecule has 1 nitrogen and oxygen atoms in total. The summed E-state index contributed by atoms with van der Waals surface area (Å²) in [4.78, 5) is 0. The van der Waals surface area contributed by atoms with E-state index in [1.54, 1.807) is 0 Å². The normalized spacial score (nSPS) is 20.6. The molecule has 0 saturated heterocycles. The molecule has 1 rings (SSSR count). The number of hydrogen-bond acceptors (Lipinski definition) is 1. The van der Waals surface area contributed by atoms with E-state index in [1.165, 1.54) is 24.0 Å². The molecule has 0 saturated carbocycles. The van der Waals surface area contributed by atoms with E-state index in [4.69, 9.17) is 5.73 Å². The summed E-state index contributed by atoms with van der Waals surface area (Å²) >= 11 is 0. The lowest BCUT2D eigenvalue weighted by Gasteiger charge is -2.17. The van der Waals surface area contributed by atoms with Gasteiger partial charge in [-0.15, -0.1) is 0 Å². The molecule has 1 heteroatoms. The Morgan fingerprint density at radius 2 is 2.36 bits per heavy atom. The first-order chi connectivity index (χ1) is 5.25. The molecule has 0 spiro atoms. The van der Waals surface area contributed by atoms with Gasteiger partial charge in [0.15, 0.2) is 0 Å². The van der Waals surface area contributed by atoms with Crippen molar-refractivity contribution < 1.29 is 0 Å². The largest absolute Gasteiger partial charge is 0.324 e. The molecule has 0 amide bonds. The quantitative estimate of drug-likeness (QED) is 0.644. The van der Waals surface area contributed by atoms with Gasteiger partial charge < -0.3 is 5.73 Å². The molecule has 1 unspecified atom stereocenters. The third-order valence-electron chi connectivity index (χ3n) is 2.32. The van der Waals surface area contributed by atoms with Gasteiger partial charge in [0.2, 0.25) is 0 Å². The van der Waals surface area contributed by atoms with Crippen LogP contribution < -0.4 is 5.73 Å². The van der Waals surface area contributed by atoms with Gasteiger partial charge in [-0.05, 0) is 31.8 Å². The molecule has 1 aliphatic carbocycles. The molecule has 0 aromatic heterocycles. The lowest BCUT2D eigenvalue weighted by atomic mass is 9.93. The van der Waals surface area contributed by atoms with Crippen LogP contribution in [0.5, 0.6) is 0 Å². The SMILES string of the molecule is CCC(N)C1=C(C)CCC=C1. The first-order valence-corrected chi connectivity index (χ1v) is 4.37. The van der Waals surface area contributed by atoms with Gasteiger partial charge in [-0.3, -0.25) is 0 Å². The lowest BCUT2D eigenvalue weighted by Crippen LogP contribution is -2.22. The van der Waals surface area contributed by atoms with Crippen molar-refractivity contribution in [2.75, 3.05) is 0 Å². The van der Waals surface area contributed by atoms with E-state index < -0.39 is 0 Å². The molecule has 0 radical (unpaired) electrons. The van der Waals surface area contributed by atoms with Gasteiger partial charge in [-0.1, -0.05) is 24.6 Å². The van der Waals surface area contributed by atoms with E-state index >= 15 is 0 Å². The van der Waals surface area contributed by atoms with Crippen molar-refractivity contribution in [3.8, 4) is 0 Å². The van der Waals surface area contributed by atoms with Crippen LogP contribution in [0.2, 0.25) is 0 Å². The van der Waals surface area contributed by atoms with Crippen molar-refractivity contribution >= 4 is 0 Å². The Kier molecular flexibility index (Phi) is 2.89. The average molecular weight is 151 g/mol. The minimum atomic E-state index is 0.256. The van der Waals surface area contributed by atoms with Gasteiger partial charge in [-0.25, -0.2) is 0 Å². The van der Waals surface area contributed by atoms with Gasteiger partial charge in [0, 0.05) is 6.04 Å². The van der Waals surface area contributed by atoms with Crippen LogP contribution in [0.15, 0.2) is 23.3 Å². The van der Waals surface area contributed by atoms with E-state index in [9.17, 15) is 0 Å². The summed E-state index contributed by atoms with van der Waals surface area (Å²) in [6, 6.07) is 0.256. The van der Waals surface area contributed by atoms with Crippen LogP contribution in [-0.4, -0.2) is 6.04 Å². The number of nitrogens with two attached hydrogens (primary N) is 1. The number of allylic oxidation sites excluding steroid dienone is 2. The third-order valence-corrected chi connectivity index (χ3v) is 2.32. The maximum Gasteiger partial charge on any atom is 0.0291 e. The summed E-state index contributed by atoms with van der Waals surface area (Å²) in [5.74, 6) is 0. The minimum absolute atomic E-state index is 0.256. The highest BCUT2D eigenvalue weighted by Crippen LogP contribution is 2.21. The van der Waals surface area contributed by atoms with Gasteiger partial charge in [0.25, 0.3) is 0 Å².